The van der Waals surface area contributed by atoms with Crippen molar-refractivity contribution >= 4 is 37.4 Å². The van der Waals surface area contributed by atoms with E-state index in [9.17, 15) is 16.8 Å². The maximum absolute atomic E-state index is 13.3. The van der Waals surface area contributed by atoms with Crippen LogP contribution in [-0.2, 0) is 24.6 Å². The molecule has 0 saturated carbocycles. The molecule has 2 rings (SSSR count). The van der Waals surface area contributed by atoms with Gasteiger partial charge >= 0.3 is 0 Å². The number of unbranched alkanes of at least 4 members (excludes halogenated alkanes) is 9. The lowest BCUT2D eigenvalue weighted by molar-refractivity contribution is 0.191. The third kappa shape index (κ3) is 12.4. The molecule has 1 N–H and O–H groups in total. The van der Waals surface area contributed by atoms with E-state index in [-0.39, 0.29) is 14.5 Å². The number of nitrogens with zero attached hydrogens (tertiary/aromatic N) is 1. The van der Waals surface area contributed by atoms with E-state index in [2.05, 4.69) is 40.9 Å². The highest BCUT2D eigenvalue weighted by Gasteiger charge is 2.41. The summed E-state index contributed by atoms with van der Waals surface area (Å²) >= 11 is 0.841. The fourth-order valence-corrected chi connectivity index (χ4v) is 10.3. The molecule has 0 radical (unpaired) electrons. The van der Waals surface area contributed by atoms with Crippen LogP contribution < -0.4 is 5.32 Å². The Balaban J connectivity index is 1.77. The van der Waals surface area contributed by atoms with E-state index in [0.29, 0.717) is 44.4 Å². The summed E-state index contributed by atoms with van der Waals surface area (Å²) in [7, 11) is -5.95. The Bertz CT molecular complexity index is 1170. The second-order valence-electron chi connectivity index (χ2n) is 10.7. The molecule has 2 atom stereocenters. The topological polar surface area (TPSA) is 102 Å². The normalized spacial score (nSPS) is 19.1. The molecule has 1 aliphatic rings. The van der Waals surface area contributed by atoms with Crippen LogP contribution in [0.3, 0.4) is 0 Å². The van der Waals surface area contributed by atoms with E-state index in [1.807, 2.05) is 6.92 Å². The smallest absolute Gasteiger partial charge is 0.291 e. The molecule has 0 fully saturated rings. The first-order valence-corrected chi connectivity index (χ1v) is 19.3. The number of fused-ring (bicyclic) bond motifs is 1. The monoisotopic (exact) mass is 628 g/mol. The standard InChI is InChI=1S/C31H52N2O5S3/c1-4-6-7-8-9-10-11-12-13-14-15-16-17-18-19-20-23-33-41(36,37)30-26-28-29(32-5-2)25-27(22-21-24-38-3)40(34,35)31(28)39-30/h9-10,12-13,23,26-27,29,32H,4-8,11,14-22,24-25H2,1-3H3/b10-9+,13-12+,33-23+/t27-,29-/m0/s1. The maximum atomic E-state index is 13.3. The molecule has 2 heterocycles. The molecule has 0 saturated heterocycles. The molecule has 0 aliphatic carbocycles. The Morgan fingerprint density at radius 3 is 2.29 bits per heavy atom. The van der Waals surface area contributed by atoms with Crippen molar-refractivity contribution in [2.24, 2.45) is 4.40 Å². The van der Waals surface area contributed by atoms with Crippen LogP contribution >= 0.6 is 11.3 Å². The highest BCUT2D eigenvalue weighted by Crippen LogP contribution is 2.44. The van der Waals surface area contributed by atoms with Crippen LogP contribution in [0.1, 0.15) is 122 Å². The first-order chi connectivity index (χ1) is 19.8. The summed E-state index contributed by atoms with van der Waals surface area (Å²) in [6.45, 7) is 5.35. The van der Waals surface area contributed by atoms with Crippen molar-refractivity contribution in [2.75, 3.05) is 20.3 Å². The average molecular weight is 629 g/mol. The number of ether oxygens (including phenoxy) is 1. The van der Waals surface area contributed by atoms with Crippen molar-refractivity contribution in [1.29, 1.82) is 0 Å². The summed E-state index contributed by atoms with van der Waals surface area (Å²) < 4.78 is 61.7. The van der Waals surface area contributed by atoms with E-state index in [1.165, 1.54) is 50.8 Å². The highest BCUT2D eigenvalue weighted by molar-refractivity contribution is 7.96. The fraction of sp³-hybridized carbons (Fsp3) is 0.710. The van der Waals surface area contributed by atoms with Crippen LogP contribution in [0.2, 0.25) is 0 Å². The van der Waals surface area contributed by atoms with Crippen molar-refractivity contribution < 1.29 is 21.6 Å². The van der Waals surface area contributed by atoms with Crippen molar-refractivity contribution in [1.82, 2.24) is 5.32 Å². The van der Waals surface area contributed by atoms with E-state index in [1.54, 1.807) is 7.11 Å². The number of hydrogen-bond acceptors (Lipinski definition) is 7. The van der Waals surface area contributed by atoms with Gasteiger partial charge in [-0.2, -0.15) is 12.8 Å². The molecule has 0 spiro atoms. The van der Waals surface area contributed by atoms with Gasteiger partial charge in [0.2, 0.25) is 0 Å². The number of methoxy groups -OCH3 is 1. The molecule has 1 aromatic rings. The zero-order valence-corrected chi connectivity index (χ0v) is 27.8. The molecule has 10 heteroatoms. The number of thiophene rings is 1. The largest absolute Gasteiger partial charge is 0.385 e. The molecule has 234 valence electrons. The Morgan fingerprint density at radius 1 is 0.976 bits per heavy atom. The predicted molar refractivity (Wildman–Crippen MR) is 172 cm³/mol. The lowest BCUT2D eigenvalue weighted by atomic mass is 10.0. The van der Waals surface area contributed by atoms with Gasteiger partial charge in [0.05, 0.1) is 5.25 Å². The summed E-state index contributed by atoms with van der Waals surface area (Å²) in [6, 6.07) is 1.32. The molecular formula is C31H52N2O5S3. The number of sulfonamides is 1. The van der Waals surface area contributed by atoms with Crippen molar-refractivity contribution in [3.05, 3.63) is 35.9 Å². The Kier molecular flexibility index (Phi) is 17.3. The third-order valence-corrected chi connectivity index (χ3v) is 13.0. The minimum absolute atomic E-state index is 0.00260. The van der Waals surface area contributed by atoms with Crippen LogP contribution in [0.25, 0.3) is 0 Å². The summed E-state index contributed by atoms with van der Waals surface area (Å²) in [6.07, 6.45) is 25.2. The first kappa shape index (κ1) is 35.9. The van der Waals surface area contributed by atoms with Gasteiger partial charge in [0, 0.05) is 31.5 Å². The van der Waals surface area contributed by atoms with Crippen LogP contribution in [0.5, 0.6) is 0 Å². The molecule has 0 amide bonds. The SMILES string of the molecule is CCCCC/C=C/C/C=C/CCCCCCC/C=N/S(=O)(=O)c1cc2c(s1)S(=O)(=O)[C@@H](CCCOC)C[C@@H]2NCC. The third-order valence-electron chi connectivity index (χ3n) is 7.35. The van der Waals surface area contributed by atoms with E-state index in [0.717, 1.165) is 43.4 Å². The number of allylic oxidation sites excluding steroid dienone is 4. The Morgan fingerprint density at radius 2 is 1.63 bits per heavy atom. The molecule has 1 aromatic heterocycles. The van der Waals surface area contributed by atoms with Gasteiger partial charge in [-0.1, -0.05) is 70.3 Å². The number of hydrogen-bond donors (Lipinski definition) is 1. The Hall–Kier alpha value is -1.33. The van der Waals surface area contributed by atoms with Crippen molar-refractivity contribution in [2.45, 2.75) is 130 Å². The fourth-order valence-electron chi connectivity index (χ4n) is 5.04. The lowest BCUT2D eigenvalue weighted by Crippen LogP contribution is -2.35. The molecule has 7 nitrogen and oxygen atoms in total. The number of rotatable bonds is 22. The van der Waals surface area contributed by atoms with Gasteiger partial charge in [-0.15, -0.1) is 11.3 Å². The van der Waals surface area contributed by atoms with E-state index < -0.39 is 25.1 Å². The van der Waals surface area contributed by atoms with Crippen molar-refractivity contribution in [3.8, 4) is 0 Å². The summed E-state index contributed by atoms with van der Waals surface area (Å²) in [5, 5.41) is 2.79. The van der Waals surface area contributed by atoms with Crippen LogP contribution in [0.15, 0.2) is 43.2 Å². The maximum Gasteiger partial charge on any atom is 0.291 e. The van der Waals surface area contributed by atoms with Gasteiger partial charge in [-0.3, -0.25) is 0 Å². The van der Waals surface area contributed by atoms with Gasteiger partial charge in [0.25, 0.3) is 10.0 Å². The molecule has 41 heavy (non-hydrogen) atoms. The molecule has 0 unspecified atom stereocenters. The highest BCUT2D eigenvalue weighted by atomic mass is 32.3. The zero-order chi connectivity index (χ0) is 30.0. The van der Waals surface area contributed by atoms with Crippen LogP contribution in [-0.4, -0.2) is 48.6 Å². The first-order valence-electron chi connectivity index (χ1n) is 15.5. The van der Waals surface area contributed by atoms with Gasteiger partial charge in [0.1, 0.15) is 8.42 Å². The van der Waals surface area contributed by atoms with Gasteiger partial charge in [-0.25, -0.2) is 8.42 Å². The minimum Gasteiger partial charge on any atom is -0.385 e. The second kappa shape index (κ2) is 19.8. The predicted octanol–water partition coefficient (Wildman–Crippen LogP) is 7.94. The van der Waals surface area contributed by atoms with Crippen LogP contribution in [0, 0.1) is 0 Å². The van der Waals surface area contributed by atoms with Crippen LogP contribution in [0.4, 0.5) is 0 Å². The van der Waals surface area contributed by atoms with Crippen molar-refractivity contribution in [3.63, 3.8) is 0 Å². The molecule has 0 bridgehead atoms. The zero-order valence-electron chi connectivity index (χ0n) is 25.4. The molecule has 1 aliphatic heterocycles. The quantitative estimate of drug-likeness (QED) is 0.0794. The summed E-state index contributed by atoms with van der Waals surface area (Å²) in [4.78, 5) is 0. The average Bonchev–Trinajstić information content (AvgIpc) is 3.41. The molecular weight excluding hydrogens is 577 g/mol. The van der Waals surface area contributed by atoms with Gasteiger partial charge in [-0.05, 0) is 76.8 Å². The summed E-state index contributed by atoms with van der Waals surface area (Å²) in [5.74, 6) is 0. The van der Waals surface area contributed by atoms with E-state index >= 15 is 0 Å². The molecule has 0 aromatic carbocycles. The summed E-state index contributed by atoms with van der Waals surface area (Å²) in [5.41, 5.74) is 0.558. The number of sulfone groups is 1. The van der Waals surface area contributed by atoms with Gasteiger partial charge in [0.15, 0.2) is 9.84 Å². The lowest BCUT2D eigenvalue weighted by Gasteiger charge is -2.29. The van der Waals surface area contributed by atoms with E-state index in [4.69, 9.17) is 4.74 Å². The second-order valence-corrected chi connectivity index (χ2v) is 16.1. The van der Waals surface area contributed by atoms with Gasteiger partial charge < -0.3 is 10.1 Å². The minimum atomic E-state index is -3.94. The number of nitrogens with one attached hydrogen (secondary N) is 1. The Labute approximate surface area is 253 Å².